The van der Waals surface area contributed by atoms with E-state index in [1.165, 1.54) is 10.4 Å². The van der Waals surface area contributed by atoms with E-state index in [4.69, 9.17) is 0 Å². The second-order valence-corrected chi connectivity index (χ2v) is 9.09. The lowest BCUT2D eigenvalue weighted by atomic mass is 10.1. The summed E-state index contributed by atoms with van der Waals surface area (Å²) in [5, 5.41) is 2.93. The van der Waals surface area contributed by atoms with Crippen molar-refractivity contribution in [2.45, 2.75) is 25.2 Å². The Morgan fingerprint density at radius 2 is 1.75 bits per heavy atom. The van der Waals surface area contributed by atoms with Gasteiger partial charge in [0.2, 0.25) is 10.0 Å². The van der Waals surface area contributed by atoms with Crippen LogP contribution in [-0.4, -0.2) is 56.8 Å². The molecule has 1 aliphatic rings. The fourth-order valence-corrected chi connectivity index (χ4v) is 4.77. The highest BCUT2D eigenvalue weighted by molar-refractivity contribution is 7.89. The molecule has 0 bridgehead atoms. The maximum atomic E-state index is 13.0. The van der Waals surface area contributed by atoms with Gasteiger partial charge in [0, 0.05) is 37.4 Å². The van der Waals surface area contributed by atoms with Crippen LogP contribution in [0.15, 0.2) is 47.4 Å². The Morgan fingerprint density at radius 3 is 2.43 bits per heavy atom. The van der Waals surface area contributed by atoms with Crippen molar-refractivity contribution in [2.24, 2.45) is 0 Å². The molecule has 0 aliphatic carbocycles. The van der Waals surface area contributed by atoms with Crippen LogP contribution >= 0.6 is 0 Å². The molecular formula is C21H27N3O3S. The van der Waals surface area contributed by atoms with E-state index in [2.05, 4.69) is 10.2 Å². The van der Waals surface area contributed by atoms with Crippen LogP contribution in [-0.2, 0) is 16.4 Å². The normalized spacial score (nSPS) is 16.1. The third-order valence-corrected chi connectivity index (χ3v) is 7.09. The van der Waals surface area contributed by atoms with Crippen molar-refractivity contribution in [1.29, 1.82) is 0 Å². The zero-order valence-corrected chi connectivity index (χ0v) is 17.4. The summed E-state index contributed by atoms with van der Waals surface area (Å²) >= 11 is 0. The molecule has 1 saturated heterocycles. The number of anilines is 1. The highest BCUT2D eigenvalue weighted by atomic mass is 32.2. The molecule has 1 heterocycles. The Morgan fingerprint density at radius 1 is 1.07 bits per heavy atom. The van der Waals surface area contributed by atoms with Crippen molar-refractivity contribution in [2.75, 3.05) is 38.5 Å². The summed E-state index contributed by atoms with van der Waals surface area (Å²) in [6, 6.07) is 12.4. The molecule has 0 saturated carbocycles. The third-order valence-electron chi connectivity index (χ3n) is 5.20. The van der Waals surface area contributed by atoms with Gasteiger partial charge < -0.3 is 10.2 Å². The maximum Gasteiger partial charge on any atom is 0.255 e. The molecule has 3 rings (SSSR count). The van der Waals surface area contributed by atoms with Gasteiger partial charge in [-0.05, 0) is 49.7 Å². The van der Waals surface area contributed by atoms with Crippen LogP contribution in [0.5, 0.6) is 0 Å². The zero-order chi connectivity index (χ0) is 20.3. The predicted molar refractivity (Wildman–Crippen MR) is 111 cm³/mol. The number of rotatable bonds is 5. The van der Waals surface area contributed by atoms with Crippen molar-refractivity contribution < 1.29 is 13.2 Å². The minimum absolute atomic E-state index is 0.163. The lowest BCUT2D eigenvalue weighted by Gasteiger charge is -2.31. The minimum Gasteiger partial charge on any atom is -0.322 e. The molecule has 1 amide bonds. The van der Waals surface area contributed by atoms with E-state index in [-0.39, 0.29) is 10.8 Å². The van der Waals surface area contributed by atoms with E-state index in [9.17, 15) is 13.2 Å². The molecule has 6 nitrogen and oxygen atoms in total. The first-order valence-electron chi connectivity index (χ1n) is 9.51. The first-order chi connectivity index (χ1) is 13.3. The minimum atomic E-state index is -3.62. The number of hydrogen-bond acceptors (Lipinski definition) is 4. The van der Waals surface area contributed by atoms with Gasteiger partial charge in [-0.3, -0.25) is 4.79 Å². The number of hydrogen-bond donors (Lipinski definition) is 1. The zero-order valence-electron chi connectivity index (χ0n) is 16.6. The number of para-hydroxylation sites is 1. The molecule has 0 spiro atoms. The van der Waals surface area contributed by atoms with Gasteiger partial charge in [-0.25, -0.2) is 8.42 Å². The standard InChI is InChI=1S/C21H27N3O3S/c1-4-17-7-5-6-8-20(17)22-21(25)19-15-18(10-9-16(19)2)28(26,27)24-13-11-23(3)12-14-24/h5-10,15H,4,11-14H2,1-3H3,(H,22,25). The lowest BCUT2D eigenvalue weighted by Crippen LogP contribution is -2.47. The van der Waals surface area contributed by atoms with Crippen molar-refractivity contribution in [3.63, 3.8) is 0 Å². The molecule has 2 aromatic rings. The van der Waals surface area contributed by atoms with Crippen LogP contribution < -0.4 is 5.32 Å². The molecule has 7 heteroatoms. The Balaban J connectivity index is 1.88. The highest BCUT2D eigenvalue weighted by Crippen LogP contribution is 2.23. The van der Waals surface area contributed by atoms with E-state index in [1.807, 2.05) is 45.2 Å². The van der Waals surface area contributed by atoms with Crippen LogP contribution in [0.25, 0.3) is 0 Å². The molecule has 2 aromatic carbocycles. The van der Waals surface area contributed by atoms with Crippen LogP contribution in [0.1, 0.15) is 28.4 Å². The molecule has 0 aromatic heterocycles. The van der Waals surface area contributed by atoms with E-state index in [0.29, 0.717) is 31.7 Å². The maximum absolute atomic E-state index is 13.0. The van der Waals surface area contributed by atoms with E-state index >= 15 is 0 Å². The number of carbonyl (C=O) groups excluding carboxylic acids is 1. The molecule has 1 fully saturated rings. The topological polar surface area (TPSA) is 69.7 Å². The first kappa shape index (κ1) is 20.5. The molecule has 1 aliphatic heterocycles. The third kappa shape index (κ3) is 4.27. The predicted octanol–water partition coefficient (Wildman–Crippen LogP) is 2.75. The lowest BCUT2D eigenvalue weighted by molar-refractivity contribution is 0.102. The molecule has 0 unspecified atom stereocenters. The fourth-order valence-electron chi connectivity index (χ4n) is 3.32. The average Bonchev–Trinajstić information content (AvgIpc) is 2.68. The van der Waals surface area contributed by atoms with Crippen LogP contribution in [0.4, 0.5) is 5.69 Å². The number of piperazine rings is 1. The number of amides is 1. The van der Waals surface area contributed by atoms with Crippen molar-refractivity contribution in [1.82, 2.24) is 9.21 Å². The molecular weight excluding hydrogens is 374 g/mol. The monoisotopic (exact) mass is 401 g/mol. The van der Waals surface area contributed by atoms with E-state index in [0.717, 1.165) is 23.2 Å². The number of sulfonamides is 1. The Kier molecular flexibility index (Phi) is 6.17. The van der Waals surface area contributed by atoms with E-state index in [1.54, 1.807) is 12.1 Å². The average molecular weight is 402 g/mol. The van der Waals surface area contributed by atoms with Gasteiger partial charge in [-0.15, -0.1) is 0 Å². The number of nitrogens with one attached hydrogen (secondary N) is 1. The number of likely N-dealkylation sites (N-methyl/N-ethyl adjacent to an activating group) is 1. The summed E-state index contributed by atoms with van der Waals surface area (Å²) in [5.74, 6) is -0.297. The van der Waals surface area contributed by atoms with Crippen LogP contribution in [0.2, 0.25) is 0 Å². The second-order valence-electron chi connectivity index (χ2n) is 7.15. The Bertz CT molecular complexity index is 965. The Labute approximate surface area is 167 Å². The van der Waals surface area contributed by atoms with Crippen LogP contribution in [0, 0.1) is 6.92 Å². The summed E-state index contributed by atoms with van der Waals surface area (Å²) < 4.78 is 27.5. The quantitative estimate of drug-likeness (QED) is 0.836. The van der Waals surface area contributed by atoms with Crippen LogP contribution in [0.3, 0.4) is 0 Å². The van der Waals surface area contributed by atoms with Gasteiger partial charge in [-0.1, -0.05) is 31.2 Å². The van der Waals surface area contributed by atoms with Gasteiger partial charge in [0.05, 0.1) is 4.90 Å². The summed E-state index contributed by atoms with van der Waals surface area (Å²) in [5.41, 5.74) is 2.90. The number of benzene rings is 2. The van der Waals surface area contributed by atoms with Gasteiger partial charge in [0.15, 0.2) is 0 Å². The largest absolute Gasteiger partial charge is 0.322 e. The van der Waals surface area contributed by atoms with Crippen molar-refractivity contribution in [3.05, 3.63) is 59.2 Å². The van der Waals surface area contributed by atoms with Gasteiger partial charge in [0.1, 0.15) is 0 Å². The molecule has 150 valence electrons. The van der Waals surface area contributed by atoms with Gasteiger partial charge in [-0.2, -0.15) is 4.31 Å². The molecule has 0 atom stereocenters. The summed E-state index contributed by atoms with van der Waals surface area (Å²) in [6.45, 7) is 6.15. The van der Waals surface area contributed by atoms with Crippen molar-refractivity contribution in [3.8, 4) is 0 Å². The highest BCUT2D eigenvalue weighted by Gasteiger charge is 2.28. The number of carbonyl (C=O) groups is 1. The van der Waals surface area contributed by atoms with E-state index < -0.39 is 10.0 Å². The second kappa shape index (κ2) is 8.43. The first-order valence-corrected chi connectivity index (χ1v) is 11.0. The smallest absolute Gasteiger partial charge is 0.255 e. The Hall–Kier alpha value is -2.22. The molecule has 0 radical (unpaired) electrons. The summed E-state index contributed by atoms with van der Waals surface area (Å²) in [7, 11) is -1.64. The SMILES string of the molecule is CCc1ccccc1NC(=O)c1cc(S(=O)(=O)N2CCN(C)CC2)ccc1C. The molecule has 1 N–H and O–H groups in total. The van der Waals surface area contributed by atoms with Gasteiger partial charge in [0.25, 0.3) is 5.91 Å². The molecule has 28 heavy (non-hydrogen) atoms. The van der Waals surface area contributed by atoms with Gasteiger partial charge >= 0.3 is 0 Å². The fraction of sp³-hybridized carbons (Fsp3) is 0.381. The number of nitrogens with zero attached hydrogens (tertiary/aromatic N) is 2. The van der Waals surface area contributed by atoms with Crippen molar-refractivity contribution >= 4 is 21.6 Å². The summed E-state index contributed by atoms with van der Waals surface area (Å²) in [6.07, 6.45) is 0.799. The summed E-state index contributed by atoms with van der Waals surface area (Å²) in [4.78, 5) is 15.1. The number of aryl methyl sites for hydroxylation is 2.